The van der Waals surface area contributed by atoms with Gasteiger partial charge in [-0.3, -0.25) is 0 Å². The summed E-state index contributed by atoms with van der Waals surface area (Å²) < 4.78 is 6.09. The Labute approximate surface area is 210 Å². The second-order valence-electron chi connectivity index (χ2n) is 10.0. The predicted molar refractivity (Wildman–Crippen MR) is 146 cm³/mol. The summed E-state index contributed by atoms with van der Waals surface area (Å²) in [5, 5.41) is 0. The average molecular weight is 467 g/mol. The van der Waals surface area contributed by atoms with E-state index in [9.17, 15) is 0 Å². The Kier molecular flexibility index (Phi) is 15.4. The fraction of sp³-hybridized carbons (Fsp3) is 0.677. The zero-order valence-electron chi connectivity index (χ0n) is 22.4. The fourth-order valence-corrected chi connectivity index (χ4v) is 4.46. The highest BCUT2D eigenvalue weighted by Crippen LogP contribution is 2.21. The Morgan fingerprint density at radius 2 is 1.15 bits per heavy atom. The molecule has 2 rings (SSSR count). The van der Waals surface area contributed by atoms with Crippen LogP contribution in [-0.4, -0.2) is 16.1 Å². The summed E-state index contributed by atoms with van der Waals surface area (Å²) in [6, 6.07) is 8.23. The summed E-state index contributed by atoms with van der Waals surface area (Å²) in [4.78, 5) is 9.23. The van der Waals surface area contributed by atoms with Crippen LogP contribution in [0.25, 0.3) is 11.4 Å². The summed E-state index contributed by atoms with van der Waals surface area (Å²) in [5.74, 6) is 1.73. The minimum Gasteiger partial charge on any atom is -0.491 e. The Morgan fingerprint density at radius 1 is 0.647 bits per heavy atom. The SMILES string of the molecule is CCCCCCCCCCCCc1cnc(-c2ccc(O[C@@H](C)CCCCCCC)cc2)nc1. The van der Waals surface area contributed by atoms with E-state index in [-0.39, 0.29) is 6.10 Å². The van der Waals surface area contributed by atoms with Crippen LogP contribution >= 0.6 is 0 Å². The minimum atomic E-state index is 0.258. The van der Waals surface area contributed by atoms with Gasteiger partial charge >= 0.3 is 0 Å². The summed E-state index contributed by atoms with van der Waals surface area (Å²) in [6.07, 6.45) is 26.7. The van der Waals surface area contributed by atoms with Gasteiger partial charge in [-0.2, -0.15) is 0 Å². The van der Waals surface area contributed by atoms with Crippen molar-refractivity contribution >= 4 is 0 Å². The molecule has 0 bridgehead atoms. The first kappa shape index (κ1) is 28.3. The molecule has 0 unspecified atom stereocenters. The molecule has 1 atom stereocenters. The molecule has 1 heterocycles. The van der Waals surface area contributed by atoms with Crippen LogP contribution in [0.5, 0.6) is 5.75 Å². The number of ether oxygens (including phenoxy) is 1. The third-order valence-electron chi connectivity index (χ3n) is 6.69. The lowest BCUT2D eigenvalue weighted by atomic mass is 10.0. The summed E-state index contributed by atoms with van der Waals surface area (Å²) >= 11 is 0. The summed E-state index contributed by atoms with van der Waals surface area (Å²) in [6.45, 7) is 6.71. The van der Waals surface area contributed by atoms with Gasteiger partial charge < -0.3 is 4.74 Å². The van der Waals surface area contributed by atoms with E-state index in [1.54, 1.807) is 0 Å². The van der Waals surface area contributed by atoms with Gasteiger partial charge in [0.15, 0.2) is 5.82 Å². The molecule has 0 aliphatic carbocycles. The molecule has 0 amide bonds. The molecule has 1 aromatic carbocycles. The molecule has 0 saturated carbocycles. The van der Waals surface area contributed by atoms with Crippen molar-refractivity contribution < 1.29 is 4.74 Å². The Hall–Kier alpha value is -1.90. The first-order valence-electron chi connectivity index (χ1n) is 14.3. The van der Waals surface area contributed by atoms with Gasteiger partial charge in [-0.25, -0.2) is 9.97 Å². The number of unbranched alkanes of at least 4 members (excludes halogenated alkanes) is 13. The van der Waals surface area contributed by atoms with Gasteiger partial charge in [-0.15, -0.1) is 0 Å². The van der Waals surface area contributed by atoms with E-state index >= 15 is 0 Å². The van der Waals surface area contributed by atoms with E-state index in [2.05, 4.69) is 42.9 Å². The fourth-order valence-electron chi connectivity index (χ4n) is 4.46. The van der Waals surface area contributed by atoms with E-state index in [0.29, 0.717) is 0 Å². The second-order valence-corrected chi connectivity index (χ2v) is 10.0. The van der Waals surface area contributed by atoms with Crippen molar-refractivity contribution in [2.24, 2.45) is 0 Å². The van der Waals surface area contributed by atoms with Crippen LogP contribution in [0.2, 0.25) is 0 Å². The van der Waals surface area contributed by atoms with Crippen LogP contribution in [0, 0.1) is 0 Å². The van der Waals surface area contributed by atoms with Crippen LogP contribution in [0.1, 0.15) is 129 Å². The van der Waals surface area contributed by atoms with Crippen molar-refractivity contribution in [2.45, 2.75) is 136 Å². The summed E-state index contributed by atoms with van der Waals surface area (Å²) in [5.41, 5.74) is 2.29. The van der Waals surface area contributed by atoms with E-state index < -0.39 is 0 Å². The van der Waals surface area contributed by atoms with Crippen LogP contribution in [-0.2, 0) is 6.42 Å². The zero-order valence-corrected chi connectivity index (χ0v) is 22.4. The highest BCUT2D eigenvalue weighted by Gasteiger charge is 2.06. The van der Waals surface area contributed by atoms with Crippen molar-refractivity contribution in [3.05, 3.63) is 42.2 Å². The maximum Gasteiger partial charge on any atom is 0.159 e. The number of hydrogen-bond donors (Lipinski definition) is 0. The molecule has 3 nitrogen and oxygen atoms in total. The van der Waals surface area contributed by atoms with Gasteiger partial charge in [-0.05, 0) is 62.4 Å². The molecule has 0 aliphatic rings. The molecule has 0 fully saturated rings. The van der Waals surface area contributed by atoms with Crippen LogP contribution in [0.4, 0.5) is 0 Å². The molecule has 0 spiro atoms. The highest BCUT2D eigenvalue weighted by molar-refractivity contribution is 5.55. The van der Waals surface area contributed by atoms with Gasteiger partial charge in [0.1, 0.15) is 5.75 Å². The van der Waals surface area contributed by atoms with Gasteiger partial charge in [-0.1, -0.05) is 97.3 Å². The van der Waals surface area contributed by atoms with Crippen molar-refractivity contribution in [3.63, 3.8) is 0 Å². The normalized spacial score (nSPS) is 12.1. The standard InChI is InChI=1S/C31H50N2O/c1-4-6-8-10-11-12-13-14-16-18-20-28-25-32-31(33-26-28)29-21-23-30(24-22-29)34-27(3)19-17-15-9-7-5-2/h21-27H,4-20H2,1-3H3/t27-/m0/s1. The molecule has 0 aliphatic heterocycles. The van der Waals surface area contributed by atoms with Gasteiger partial charge in [0.25, 0.3) is 0 Å². The smallest absolute Gasteiger partial charge is 0.159 e. The Morgan fingerprint density at radius 3 is 1.71 bits per heavy atom. The molecule has 34 heavy (non-hydrogen) atoms. The zero-order chi connectivity index (χ0) is 24.3. The van der Waals surface area contributed by atoms with E-state index in [4.69, 9.17) is 4.74 Å². The number of benzene rings is 1. The lowest BCUT2D eigenvalue weighted by Crippen LogP contribution is -2.11. The minimum absolute atomic E-state index is 0.258. The van der Waals surface area contributed by atoms with Gasteiger partial charge in [0.2, 0.25) is 0 Å². The Bertz CT molecular complexity index is 726. The molecule has 3 heteroatoms. The number of nitrogens with zero attached hydrogens (tertiary/aromatic N) is 2. The topological polar surface area (TPSA) is 35.0 Å². The molecule has 2 aromatic rings. The van der Waals surface area contributed by atoms with Crippen molar-refractivity contribution in [1.82, 2.24) is 9.97 Å². The lowest BCUT2D eigenvalue weighted by Gasteiger charge is -2.15. The molecule has 0 saturated heterocycles. The highest BCUT2D eigenvalue weighted by atomic mass is 16.5. The molecular formula is C31H50N2O. The van der Waals surface area contributed by atoms with Crippen molar-refractivity contribution in [3.8, 4) is 17.1 Å². The summed E-state index contributed by atoms with van der Waals surface area (Å²) in [7, 11) is 0. The van der Waals surface area contributed by atoms with Crippen molar-refractivity contribution in [2.75, 3.05) is 0 Å². The quantitative estimate of drug-likeness (QED) is 0.182. The first-order chi connectivity index (χ1) is 16.7. The van der Waals surface area contributed by atoms with E-state index in [1.807, 2.05) is 24.5 Å². The molecule has 0 radical (unpaired) electrons. The predicted octanol–water partition coefficient (Wildman–Crippen LogP) is 9.73. The Balaban J connectivity index is 1.62. The monoisotopic (exact) mass is 466 g/mol. The third-order valence-corrected chi connectivity index (χ3v) is 6.69. The van der Waals surface area contributed by atoms with Gasteiger partial charge in [0, 0.05) is 18.0 Å². The molecule has 190 valence electrons. The second kappa shape index (κ2) is 18.4. The van der Waals surface area contributed by atoms with Crippen molar-refractivity contribution in [1.29, 1.82) is 0 Å². The van der Waals surface area contributed by atoms with E-state index in [0.717, 1.165) is 30.0 Å². The third kappa shape index (κ3) is 12.5. The largest absolute Gasteiger partial charge is 0.491 e. The number of rotatable bonds is 20. The van der Waals surface area contributed by atoms with E-state index in [1.165, 1.54) is 102 Å². The average Bonchev–Trinajstić information content (AvgIpc) is 2.86. The maximum atomic E-state index is 6.09. The maximum absolute atomic E-state index is 6.09. The molecule has 0 N–H and O–H groups in total. The number of hydrogen-bond acceptors (Lipinski definition) is 3. The van der Waals surface area contributed by atoms with Crippen LogP contribution in [0.15, 0.2) is 36.7 Å². The molecular weight excluding hydrogens is 416 g/mol. The number of aryl methyl sites for hydroxylation is 1. The number of aromatic nitrogens is 2. The van der Waals surface area contributed by atoms with Crippen LogP contribution < -0.4 is 4.74 Å². The first-order valence-corrected chi connectivity index (χ1v) is 14.3. The van der Waals surface area contributed by atoms with Gasteiger partial charge in [0.05, 0.1) is 6.10 Å². The lowest BCUT2D eigenvalue weighted by molar-refractivity contribution is 0.206. The molecule has 1 aromatic heterocycles. The van der Waals surface area contributed by atoms with Crippen LogP contribution in [0.3, 0.4) is 0 Å².